The Labute approximate surface area is 216 Å². The van der Waals surface area contributed by atoms with E-state index in [0.29, 0.717) is 5.75 Å². The first-order valence-electron chi connectivity index (χ1n) is 9.74. The molecular weight excluding hydrogens is 523 g/mol. The van der Waals surface area contributed by atoms with E-state index in [0.717, 1.165) is 22.2 Å². The zero-order valence-corrected chi connectivity index (χ0v) is 21.1. The van der Waals surface area contributed by atoms with E-state index in [1.165, 1.54) is 18.0 Å². The number of benzene rings is 2. The van der Waals surface area contributed by atoms with Crippen molar-refractivity contribution in [2.75, 3.05) is 10.5 Å². The summed E-state index contributed by atoms with van der Waals surface area (Å²) in [6.45, 7) is 0. The maximum atomic E-state index is 12.2. The second kappa shape index (κ2) is 12.7. The Bertz CT molecular complexity index is 1080. The van der Waals surface area contributed by atoms with Crippen molar-refractivity contribution in [3.8, 4) is 0 Å². The number of nitrogens with one attached hydrogen (secondary N) is 3. The molecule has 2 aromatic carbocycles. The van der Waals surface area contributed by atoms with Gasteiger partial charge in [-0.1, -0.05) is 83.3 Å². The zero-order valence-electron chi connectivity index (χ0n) is 17.1. The van der Waals surface area contributed by atoms with Gasteiger partial charge < -0.3 is 10.0 Å². The molecule has 2 unspecified atom stereocenters. The van der Waals surface area contributed by atoms with E-state index in [2.05, 4.69) is 33.1 Å². The van der Waals surface area contributed by atoms with Gasteiger partial charge in [0.15, 0.2) is 6.17 Å². The number of alkyl halides is 3. The van der Waals surface area contributed by atoms with Crippen LogP contribution in [-0.4, -0.2) is 32.0 Å². The molecule has 0 fully saturated rings. The molecular formula is C22H21Cl3N4O2S2. The monoisotopic (exact) mass is 542 g/mol. The summed E-state index contributed by atoms with van der Waals surface area (Å²) in [5, 5.41) is 3.60. The third-order valence-corrected chi connectivity index (χ3v) is 6.23. The lowest BCUT2D eigenvalue weighted by Crippen LogP contribution is -2.53. The number of carbonyl (C=O) groups is 1. The minimum Gasteiger partial charge on any atom is -0.331 e. The van der Waals surface area contributed by atoms with Gasteiger partial charge in [0.25, 0.3) is 0 Å². The summed E-state index contributed by atoms with van der Waals surface area (Å²) in [6.07, 6.45) is 3.63. The van der Waals surface area contributed by atoms with E-state index in [4.69, 9.17) is 39.6 Å². The van der Waals surface area contributed by atoms with E-state index >= 15 is 0 Å². The highest BCUT2D eigenvalue weighted by Crippen LogP contribution is 2.29. The van der Waals surface area contributed by atoms with E-state index in [1.54, 1.807) is 12.3 Å². The molecule has 0 bridgehead atoms. The van der Waals surface area contributed by atoms with Crippen LogP contribution in [0.4, 0.5) is 5.69 Å². The molecule has 0 radical (unpaired) electrons. The first-order chi connectivity index (χ1) is 15.8. The largest absolute Gasteiger partial charge is 0.331 e. The summed E-state index contributed by atoms with van der Waals surface area (Å²) < 4.78 is 1.38. The van der Waals surface area contributed by atoms with Gasteiger partial charge >= 0.3 is 0 Å². The minimum atomic E-state index is -1.86. The number of anilines is 1. The number of carbonyl (C=O) groups excluding carboxylic acids is 1. The SMILES string of the molecule is O=C(C=Cc1ccccc1)NC(NOC(S)CSNc1cccc2cccnc12)C(Cl)(Cl)Cl. The topological polar surface area (TPSA) is 75.3 Å². The fourth-order valence-corrected chi connectivity index (χ4v) is 3.86. The molecule has 3 aromatic rings. The van der Waals surface area contributed by atoms with Gasteiger partial charge in [0.05, 0.1) is 17.0 Å². The number of para-hydroxylation sites is 1. The van der Waals surface area contributed by atoms with Crippen LogP contribution < -0.4 is 15.5 Å². The van der Waals surface area contributed by atoms with Crippen LogP contribution >= 0.6 is 59.4 Å². The van der Waals surface area contributed by atoms with E-state index < -0.39 is 21.3 Å². The molecule has 0 saturated carbocycles. The number of pyridine rings is 1. The summed E-state index contributed by atoms with van der Waals surface area (Å²) in [5.41, 5.74) is 4.61. The normalized spacial score (nSPS) is 13.7. The van der Waals surface area contributed by atoms with Crippen LogP contribution in [0.5, 0.6) is 0 Å². The lowest BCUT2D eigenvalue weighted by molar-refractivity contribution is -0.118. The zero-order chi connectivity index (χ0) is 23.7. The molecule has 1 amide bonds. The van der Waals surface area contributed by atoms with Gasteiger partial charge in [-0.3, -0.25) is 14.6 Å². The second-order valence-electron chi connectivity index (χ2n) is 6.71. The summed E-state index contributed by atoms with van der Waals surface area (Å²) in [4.78, 5) is 22.1. The molecule has 11 heteroatoms. The van der Waals surface area contributed by atoms with Crippen LogP contribution in [0, 0.1) is 0 Å². The molecule has 174 valence electrons. The Kier molecular flexibility index (Phi) is 10.0. The highest BCUT2D eigenvalue weighted by Gasteiger charge is 2.34. The summed E-state index contributed by atoms with van der Waals surface area (Å²) >= 11 is 23.7. The number of hydroxylamine groups is 1. The van der Waals surface area contributed by atoms with Crippen molar-refractivity contribution in [3.05, 3.63) is 78.5 Å². The lowest BCUT2D eigenvalue weighted by atomic mass is 10.2. The Morgan fingerprint density at radius 1 is 1.12 bits per heavy atom. The first kappa shape index (κ1) is 26.0. The Hall–Kier alpha value is -1.65. The van der Waals surface area contributed by atoms with Gasteiger partial charge in [0.1, 0.15) is 5.44 Å². The van der Waals surface area contributed by atoms with Crippen molar-refractivity contribution in [1.82, 2.24) is 15.8 Å². The number of fused-ring (bicyclic) bond motifs is 1. The van der Waals surface area contributed by atoms with E-state index in [-0.39, 0.29) is 0 Å². The van der Waals surface area contributed by atoms with Crippen LogP contribution in [0.2, 0.25) is 0 Å². The van der Waals surface area contributed by atoms with Crippen molar-refractivity contribution in [2.45, 2.75) is 15.4 Å². The standard InChI is InChI=1S/C22H21Cl3N4O2S2/c23-22(24,25)21(27-18(30)12-11-15-6-2-1-3-7-15)28-31-19(32)14-33-29-17-10-4-8-16-9-5-13-26-20(16)17/h1-13,19,21,28-29,32H,14H2,(H,27,30). The number of hydrogen-bond donors (Lipinski definition) is 4. The summed E-state index contributed by atoms with van der Waals surface area (Å²) in [6, 6.07) is 19.1. The van der Waals surface area contributed by atoms with Crippen LogP contribution in [0.15, 0.2) is 72.9 Å². The number of hydrogen-bond acceptors (Lipinski definition) is 7. The van der Waals surface area contributed by atoms with E-state index in [1.807, 2.05) is 60.7 Å². The van der Waals surface area contributed by atoms with Gasteiger partial charge in [-0.05, 0) is 35.7 Å². The van der Waals surface area contributed by atoms with Crippen LogP contribution in [0.25, 0.3) is 17.0 Å². The highest BCUT2D eigenvalue weighted by molar-refractivity contribution is 8.01. The second-order valence-corrected chi connectivity index (χ2v) is 10.5. The highest BCUT2D eigenvalue weighted by atomic mass is 35.6. The molecule has 0 aliphatic rings. The van der Waals surface area contributed by atoms with Gasteiger partial charge in [-0.15, -0.1) is 12.6 Å². The maximum absolute atomic E-state index is 12.2. The van der Waals surface area contributed by atoms with Gasteiger partial charge in [0.2, 0.25) is 9.70 Å². The van der Waals surface area contributed by atoms with Crippen molar-refractivity contribution in [1.29, 1.82) is 0 Å². The fraction of sp³-hybridized carbons (Fsp3) is 0.182. The average Bonchev–Trinajstić information content (AvgIpc) is 2.80. The number of aromatic nitrogens is 1. The van der Waals surface area contributed by atoms with Crippen molar-refractivity contribution in [3.63, 3.8) is 0 Å². The fourth-order valence-electron chi connectivity index (χ4n) is 2.66. The summed E-state index contributed by atoms with van der Waals surface area (Å²) in [7, 11) is 0. The van der Waals surface area contributed by atoms with Gasteiger partial charge in [-0.25, -0.2) is 0 Å². The lowest BCUT2D eigenvalue weighted by Gasteiger charge is -2.26. The number of nitrogens with zero attached hydrogens (tertiary/aromatic N) is 1. The third kappa shape index (κ3) is 8.57. The minimum absolute atomic E-state index is 0.438. The van der Waals surface area contributed by atoms with Gasteiger partial charge in [-0.2, -0.15) is 5.48 Å². The molecule has 1 aromatic heterocycles. The Morgan fingerprint density at radius 2 is 1.88 bits per heavy atom. The van der Waals surface area contributed by atoms with Crippen molar-refractivity contribution in [2.24, 2.45) is 0 Å². The Balaban J connectivity index is 1.47. The number of rotatable bonds is 10. The predicted molar refractivity (Wildman–Crippen MR) is 143 cm³/mol. The maximum Gasteiger partial charge on any atom is 0.245 e. The molecule has 0 saturated heterocycles. The predicted octanol–water partition coefficient (Wildman–Crippen LogP) is 5.60. The molecule has 0 aliphatic heterocycles. The van der Waals surface area contributed by atoms with Crippen molar-refractivity contribution >= 4 is 88.0 Å². The molecule has 3 rings (SSSR count). The average molecular weight is 544 g/mol. The first-order valence-corrected chi connectivity index (χ1v) is 12.4. The number of thiol groups is 1. The van der Waals surface area contributed by atoms with Crippen LogP contribution in [0.1, 0.15) is 5.56 Å². The molecule has 2 atom stereocenters. The Morgan fingerprint density at radius 3 is 2.64 bits per heavy atom. The van der Waals surface area contributed by atoms with Crippen LogP contribution in [-0.2, 0) is 9.63 Å². The molecule has 0 spiro atoms. The molecule has 1 heterocycles. The number of halogens is 3. The molecule has 0 aliphatic carbocycles. The third-order valence-electron chi connectivity index (χ3n) is 4.20. The van der Waals surface area contributed by atoms with Crippen LogP contribution in [0.3, 0.4) is 0 Å². The molecule has 3 N–H and O–H groups in total. The number of amides is 1. The van der Waals surface area contributed by atoms with E-state index in [9.17, 15) is 4.79 Å². The smallest absolute Gasteiger partial charge is 0.245 e. The van der Waals surface area contributed by atoms with Gasteiger partial charge in [0, 0.05) is 17.7 Å². The summed E-state index contributed by atoms with van der Waals surface area (Å²) in [5.74, 6) is -0.0187. The molecule has 33 heavy (non-hydrogen) atoms. The quantitative estimate of drug-likeness (QED) is 0.0666. The van der Waals surface area contributed by atoms with Crippen molar-refractivity contribution < 1.29 is 9.63 Å². The molecule has 6 nitrogen and oxygen atoms in total.